The van der Waals surface area contributed by atoms with Gasteiger partial charge in [0.05, 0.1) is 6.54 Å². The van der Waals surface area contributed by atoms with Crippen molar-refractivity contribution in [2.24, 2.45) is 5.73 Å². The molecule has 1 aromatic heterocycles. The zero-order valence-electron chi connectivity index (χ0n) is 10.5. The minimum absolute atomic E-state index is 0.476. The fourth-order valence-corrected chi connectivity index (χ4v) is 1.98. The summed E-state index contributed by atoms with van der Waals surface area (Å²) in [7, 11) is 0. The number of aromatic nitrogens is 2. The number of hydrogen-bond acceptors (Lipinski definition) is 2. The van der Waals surface area contributed by atoms with Crippen LogP contribution >= 0.6 is 0 Å². The topological polar surface area (TPSA) is 54.7 Å². The van der Waals surface area contributed by atoms with Crippen LogP contribution in [0.2, 0.25) is 0 Å². The smallest absolute Gasteiger partial charge is 0.120 e. The maximum atomic E-state index is 5.52. The highest BCUT2D eigenvalue weighted by atomic mass is 14.9. The quantitative estimate of drug-likeness (QED) is 0.845. The van der Waals surface area contributed by atoms with Gasteiger partial charge in [0, 0.05) is 11.9 Å². The molecule has 90 valence electrons. The predicted molar refractivity (Wildman–Crippen MR) is 69.8 cm³/mol. The molecular formula is C14H19N3. The molecule has 0 bridgehead atoms. The molecular weight excluding hydrogens is 210 g/mol. The van der Waals surface area contributed by atoms with Crippen molar-refractivity contribution in [2.75, 3.05) is 0 Å². The number of imidazole rings is 1. The second kappa shape index (κ2) is 5.15. The van der Waals surface area contributed by atoms with Crippen LogP contribution in [0, 0.1) is 13.8 Å². The van der Waals surface area contributed by atoms with E-state index in [0.717, 1.165) is 24.4 Å². The second-order valence-electron chi connectivity index (χ2n) is 4.49. The van der Waals surface area contributed by atoms with Crippen LogP contribution in [-0.2, 0) is 19.4 Å². The Morgan fingerprint density at radius 2 is 2.06 bits per heavy atom. The van der Waals surface area contributed by atoms with Crippen molar-refractivity contribution in [1.82, 2.24) is 9.97 Å². The Morgan fingerprint density at radius 3 is 2.76 bits per heavy atom. The summed E-state index contributed by atoms with van der Waals surface area (Å²) in [5, 5.41) is 0. The molecule has 1 aromatic carbocycles. The van der Waals surface area contributed by atoms with E-state index in [0.29, 0.717) is 6.54 Å². The molecule has 0 aliphatic rings. The third-order valence-corrected chi connectivity index (χ3v) is 3.04. The summed E-state index contributed by atoms with van der Waals surface area (Å²) in [5.41, 5.74) is 10.8. The van der Waals surface area contributed by atoms with E-state index in [2.05, 4.69) is 42.0 Å². The number of hydrogen-bond donors (Lipinski definition) is 2. The fourth-order valence-electron chi connectivity index (χ4n) is 1.98. The summed E-state index contributed by atoms with van der Waals surface area (Å²) in [6, 6.07) is 6.60. The maximum Gasteiger partial charge on any atom is 0.120 e. The van der Waals surface area contributed by atoms with Crippen molar-refractivity contribution >= 4 is 0 Å². The van der Waals surface area contributed by atoms with E-state index in [-0.39, 0.29) is 0 Å². The number of aromatic amines is 1. The highest BCUT2D eigenvalue weighted by Crippen LogP contribution is 2.13. The standard InChI is InChI=1S/C14H19N3/c1-10-3-4-11(2)12(7-10)5-6-13-9-16-14(8-15)17-13/h3-4,7,9H,5-6,8,15H2,1-2H3,(H,16,17). The molecule has 0 aliphatic heterocycles. The highest BCUT2D eigenvalue weighted by molar-refractivity contribution is 5.31. The van der Waals surface area contributed by atoms with Gasteiger partial charge in [-0.25, -0.2) is 4.98 Å². The first-order valence-electron chi connectivity index (χ1n) is 5.98. The van der Waals surface area contributed by atoms with Gasteiger partial charge in [0.2, 0.25) is 0 Å². The van der Waals surface area contributed by atoms with Gasteiger partial charge in [-0.1, -0.05) is 23.8 Å². The van der Waals surface area contributed by atoms with Crippen molar-refractivity contribution in [3.63, 3.8) is 0 Å². The molecule has 0 fully saturated rings. The highest BCUT2D eigenvalue weighted by Gasteiger charge is 2.02. The van der Waals surface area contributed by atoms with E-state index >= 15 is 0 Å². The predicted octanol–water partition coefficient (Wildman–Crippen LogP) is 2.27. The van der Waals surface area contributed by atoms with Gasteiger partial charge in [0.25, 0.3) is 0 Å². The van der Waals surface area contributed by atoms with Crippen LogP contribution in [0.15, 0.2) is 24.4 Å². The van der Waals surface area contributed by atoms with E-state index in [4.69, 9.17) is 5.73 Å². The number of nitrogens with two attached hydrogens (primary N) is 1. The molecule has 3 heteroatoms. The van der Waals surface area contributed by atoms with Crippen LogP contribution in [0.1, 0.15) is 28.2 Å². The summed E-state index contributed by atoms with van der Waals surface area (Å²) in [4.78, 5) is 7.44. The van der Waals surface area contributed by atoms with Crippen molar-refractivity contribution in [3.8, 4) is 0 Å². The minimum atomic E-state index is 0.476. The molecule has 2 aromatic rings. The lowest BCUT2D eigenvalue weighted by Gasteiger charge is -2.06. The fraction of sp³-hybridized carbons (Fsp3) is 0.357. The van der Waals surface area contributed by atoms with E-state index in [1.54, 1.807) is 0 Å². The lowest BCUT2D eigenvalue weighted by Crippen LogP contribution is -1.99. The molecule has 17 heavy (non-hydrogen) atoms. The van der Waals surface area contributed by atoms with Gasteiger partial charge in [-0.3, -0.25) is 0 Å². The molecule has 3 nitrogen and oxygen atoms in total. The molecule has 0 radical (unpaired) electrons. The number of nitrogens with one attached hydrogen (secondary N) is 1. The molecule has 2 rings (SSSR count). The normalized spacial score (nSPS) is 10.8. The Kier molecular flexibility index (Phi) is 3.59. The Bertz CT molecular complexity index is 500. The van der Waals surface area contributed by atoms with Gasteiger partial charge in [0.1, 0.15) is 5.82 Å². The molecule has 0 aliphatic carbocycles. The largest absolute Gasteiger partial charge is 0.345 e. The van der Waals surface area contributed by atoms with E-state index < -0.39 is 0 Å². The number of aryl methyl sites for hydroxylation is 4. The van der Waals surface area contributed by atoms with Gasteiger partial charge >= 0.3 is 0 Å². The summed E-state index contributed by atoms with van der Waals surface area (Å²) in [6.45, 7) is 4.77. The van der Waals surface area contributed by atoms with Gasteiger partial charge in [-0.2, -0.15) is 0 Å². The summed E-state index contributed by atoms with van der Waals surface area (Å²) in [5.74, 6) is 0.862. The second-order valence-corrected chi connectivity index (χ2v) is 4.49. The van der Waals surface area contributed by atoms with E-state index in [9.17, 15) is 0 Å². The summed E-state index contributed by atoms with van der Waals surface area (Å²) >= 11 is 0. The number of rotatable bonds is 4. The molecule has 1 heterocycles. The molecule has 3 N–H and O–H groups in total. The first-order valence-corrected chi connectivity index (χ1v) is 5.98. The Morgan fingerprint density at radius 1 is 1.24 bits per heavy atom. The monoisotopic (exact) mass is 229 g/mol. The lowest BCUT2D eigenvalue weighted by atomic mass is 10.0. The third-order valence-electron chi connectivity index (χ3n) is 3.04. The van der Waals surface area contributed by atoms with Gasteiger partial charge in [-0.05, 0) is 37.8 Å². The number of benzene rings is 1. The van der Waals surface area contributed by atoms with Crippen LogP contribution in [0.3, 0.4) is 0 Å². The third kappa shape index (κ3) is 2.94. The minimum Gasteiger partial charge on any atom is -0.345 e. The Labute approximate surface area is 102 Å². The van der Waals surface area contributed by atoms with Crippen molar-refractivity contribution < 1.29 is 0 Å². The van der Waals surface area contributed by atoms with Crippen LogP contribution in [0.5, 0.6) is 0 Å². The van der Waals surface area contributed by atoms with Crippen LogP contribution < -0.4 is 5.73 Å². The molecule has 0 saturated carbocycles. The Balaban J connectivity index is 2.04. The SMILES string of the molecule is Cc1ccc(C)c(CCc2cnc(CN)[nH]2)c1. The molecule has 0 atom stereocenters. The van der Waals surface area contributed by atoms with Crippen LogP contribution in [0.25, 0.3) is 0 Å². The molecule has 0 saturated heterocycles. The van der Waals surface area contributed by atoms with Gasteiger partial charge < -0.3 is 10.7 Å². The first-order chi connectivity index (χ1) is 8.19. The summed E-state index contributed by atoms with van der Waals surface area (Å²) < 4.78 is 0. The number of H-pyrrole nitrogens is 1. The van der Waals surface area contributed by atoms with Crippen molar-refractivity contribution in [3.05, 3.63) is 52.6 Å². The Hall–Kier alpha value is -1.61. The average Bonchev–Trinajstić information content (AvgIpc) is 2.78. The first kappa shape index (κ1) is 11.9. The van der Waals surface area contributed by atoms with Crippen LogP contribution in [-0.4, -0.2) is 9.97 Å². The summed E-state index contributed by atoms with van der Waals surface area (Å²) in [6.07, 6.45) is 3.91. The number of nitrogens with zero attached hydrogens (tertiary/aromatic N) is 1. The van der Waals surface area contributed by atoms with E-state index in [1.165, 1.54) is 16.7 Å². The van der Waals surface area contributed by atoms with Crippen molar-refractivity contribution in [1.29, 1.82) is 0 Å². The molecule has 0 spiro atoms. The zero-order valence-corrected chi connectivity index (χ0v) is 10.5. The van der Waals surface area contributed by atoms with Crippen LogP contribution in [0.4, 0.5) is 0 Å². The molecule has 0 unspecified atom stereocenters. The van der Waals surface area contributed by atoms with Gasteiger partial charge in [0.15, 0.2) is 0 Å². The van der Waals surface area contributed by atoms with Crippen molar-refractivity contribution in [2.45, 2.75) is 33.2 Å². The molecule has 0 amide bonds. The van der Waals surface area contributed by atoms with Gasteiger partial charge in [-0.15, -0.1) is 0 Å². The maximum absolute atomic E-state index is 5.52. The van der Waals surface area contributed by atoms with E-state index in [1.807, 2.05) is 6.20 Å². The zero-order chi connectivity index (χ0) is 12.3. The average molecular weight is 229 g/mol. The lowest BCUT2D eigenvalue weighted by molar-refractivity contribution is 0.889.